The molecule has 2 rings (SSSR count). The largest absolute Gasteiger partial charge is 0.326 e. The molecular weight excluding hydrogens is 220 g/mol. The van der Waals surface area contributed by atoms with Crippen molar-refractivity contribution in [2.75, 3.05) is 26.2 Å². The number of carbonyl (C=O) groups excluding carboxylic acids is 2. The second-order valence-corrected chi connectivity index (χ2v) is 5.36. The summed E-state index contributed by atoms with van der Waals surface area (Å²) >= 11 is 0. The molecule has 1 atom stereocenters. The predicted octanol–water partition coefficient (Wildman–Crippen LogP) is -0.650. The first-order valence-corrected chi connectivity index (χ1v) is 6.02. The average molecular weight is 240 g/mol. The van der Waals surface area contributed by atoms with Crippen LogP contribution >= 0.6 is 0 Å². The number of carbonyl (C=O) groups is 2. The minimum absolute atomic E-state index is 0.147. The van der Waals surface area contributed by atoms with E-state index in [0.29, 0.717) is 13.1 Å². The van der Waals surface area contributed by atoms with Crippen molar-refractivity contribution >= 4 is 11.9 Å². The van der Waals surface area contributed by atoms with Gasteiger partial charge in [0.15, 0.2) is 0 Å². The van der Waals surface area contributed by atoms with Crippen molar-refractivity contribution in [2.24, 2.45) is 5.73 Å². The van der Waals surface area contributed by atoms with Gasteiger partial charge in [0.05, 0.1) is 0 Å². The van der Waals surface area contributed by atoms with Gasteiger partial charge in [-0.3, -0.25) is 14.6 Å². The molecular formula is C11H20N4O2. The second-order valence-electron chi connectivity index (χ2n) is 5.36. The maximum Gasteiger partial charge on any atom is 0.325 e. The van der Waals surface area contributed by atoms with Crippen LogP contribution in [0.2, 0.25) is 0 Å². The molecule has 96 valence electrons. The van der Waals surface area contributed by atoms with Gasteiger partial charge in [0.25, 0.3) is 5.91 Å². The summed E-state index contributed by atoms with van der Waals surface area (Å²) in [4.78, 5) is 27.0. The highest BCUT2D eigenvalue weighted by molar-refractivity contribution is 6.06. The molecule has 0 aromatic heterocycles. The van der Waals surface area contributed by atoms with Gasteiger partial charge in [-0.05, 0) is 26.8 Å². The van der Waals surface area contributed by atoms with Crippen LogP contribution in [0.15, 0.2) is 0 Å². The third-order valence-corrected chi connectivity index (χ3v) is 3.39. The maximum atomic E-state index is 11.9. The second kappa shape index (κ2) is 4.27. The molecule has 2 aliphatic rings. The lowest BCUT2D eigenvalue weighted by molar-refractivity contribution is -0.130. The fourth-order valence-electron chi connectivity index (χ4n) is 2.33. The summed E-state index contributed by atoms with van der Waals surface area (Å²) in [5.74, 6) is -0.147. The van der Waals surface area contributed by atoms with Crippen molar-refractivity contribution < 1.29 is 9.59 Å². The average Bonchev–Trinajstić information content (AvgIpc) is 2.70. The monoisotopic (exact) mass is 240 g/mol. The number of imide groups is 1. The first kappa shape index (κ1) is 12.3. The highest BCUT2D eigenvalue weighted by Gasteiger charge is 2.44. The van der Waals surface area contributed by atoms with Crippen LogP contribution in [0.25, 0.3) is 0 Å². The van der Waals surface area contributed by atoms with Crippen molar-refractivity contribution in [1.29, 1.82) is 0 Å². The third-order valence-electron chi connectivity index (χ3n) is 3.39. The van der Waals surface area contributed by atoms with Gasteiger partial charge in [0, 0.05) is 25.7 Å². The molecule has 2 heterocycles. The minimum Gasteiger partial charge on any atom is -0.326 e. The van der Waals surface area contributed by atoms with Gasteiger partial charge < -0.3 is 11.1 Å². The van der Waals surface area contributed by atoms with Gasteiger partial charge in [0.2, 0.25) is 0 Å². The van der Waals surface area contributed by atoms with Gasteiger partial charge in [-0.25, -0.2) is 4.79 Å². The maximum absolute atomic E-state index is 11.9. The van der Waals surface area contributed by atoms with Crippen LogP contribution in [-0.2, 0) is 4.79 Å². The molecule has 0 aromatic rings. The smallest absolute Gasteiger partial charge is 0.325 e. The summed E-state index contributed by atoms with van der Waals surface area (Å²) in [6.07, 6.45) is 0.992. The normalized spacial score (nSPS) is 28.9. The summed E-state index contributed by atoms with van der Waals surface area (Å²) < 4.78 is 0. The molecule has 2 fully saturated rings. The lowest BCUT2D eigenvalue weighted by atomic mass is 10.1. The van der Waals surface area contributed by atoms with E-state index in [2.05, 4.69) is 10.2 Å². The summed E-state index contributed by atoms with van der Waals surface area (Å²) in [5.41, 5.74) is 5.04. The number of amides is 3. The Morgan fingerprint density at radius 3 is 2.59 bits per heavy atom. The fourth-order valence-corrected chi connectivity index (χ4v) is 2.33. The topological polar surface area (TPSA) is 78.7 Å². The minimum atomic E-state index is -0.765. The number of rotatable bonds is 3. The number of nitrogens with zero attached hydrogens (tertiary/aromatic N) is 2. The molecule has 0 aliphatic carbocycles. The van der Waals surface area contributed by atoms with Gasteiger partial charge in [-0.15, -0.1) is 0 Å². The Morgan fingerprint density at radius 1 is 1.41 bits per heavy atom. The Hall–Kier alpha value is -1.14. The SMILES string of the molecule is CC1(C)NC(=O)N(CCN2CC[C@@H](N)C2)C1=O. The van der Waals surface area contributed by atoms with Gasteiger partial charge in [-0.1, -0.05) is 0 Å². The lowest BCUT2D eigenvalue weighted by Gasteiger charge is -2.20. The lowest BCUT2D eigenvalue weighted by Crippen LogP contribution is -2.41. The molecule has 0 spiro atoms. The van der Waals surface area contributed by atoms with Gasteiger partial charge >= 0.3 is 6.03 Å². The molecule has 0 unspecified atom stereocenters. The summed E-state index contributed by atoms with van der Waals surface area (Å²) in [5, 5.41) is 2.67. The zero-order valence-electron chi connectivity index (χ0n) is 10.4. The molecule has 6 heteroatoms. The fraction of sp³-hybridized carbons (Fsp3) is 0.818. The van der Waals surface area contributed by atoms with Crippen LogP contribution in [0.4, 0.5) is 4.79 Å². The number of likely N-dealkylation sites (tertiary alicyclic amines) is 1. The van der Waals surface area contributed by atoms with Crippen molar-refractivity contribution in [3.05, 3.63) is 0 Å². The van der Waals surface area contributed by atoms with E-state index >= 15 is 0 Å². The third kappa shape index (κ3) is 2.42. The molecule has 2 aliphatic heterocycles. The first-order valence-electron chi connectivity index (χ1n) is 6.02. The molecule has 17 heavy (non-hydrogen) atoms. The zero-order valence-corrected chi connectivity index (χ0v) is 10.4. The molecule has 0 bridgehead atoms. The van der Waals surface area contributed by atoms with E-state index in [1.165, 1.54) is 4.90 Å². The van der Waals surface area contributed by atoms with Crippen molar-refractivity contribution in [3.8, 4) is 0 Å². The summed E-state index contributed by atoms with van der Waals surface area (Å²) in [7, 11) is 0. The highest BCUT2D eigenvalue weighted by Crippen LogP contribution is 2.16. The number of hydrogen-bond donors (Lipinski definition) is 2. The number of nitrogens with two attached hydrogens (primary N) is 1. The Morgan fingerprint density at radius 2 is 2.12 bits per heavy atom. The quantitative estimate of drug-likeness (QED) is 0.643. The van der Waals surface area contributed by atoms with Crippen LogP contribution < -0.4 is 11.1 Å². The van der Waals surface area contributed by atoms with Gasteiger partial charge in [-0.2, -0.15) is 0 Å². The van der Waals surface area contributed by atoms with Crippen molar-refractivity contribution in [3.63, 3.8) is 0 Å². The molecule has 0 radical (unpaired) electrons. The highest BCUT2D eigenvalue weighted by atomic mass is 16.2. The van der Waals surface area contributed by atoms with Crippen LogP contribution in [0.5, 0.6) is 0 Å². The number of nitrogens with one attached hydrogen (secondary N) is 1. The molecule has 2 saturated heterocycles. The van der Waals surface area contributed by atoms with E-state index in [9.17, 15) is 9.59 Å². The summed E-state index contributed by atoms with van der Waals surface area (Å²) in [6, 6.07) is -0.0574. The Bertz CT molecular complexity index is 342. The van der Waals surface area contributed by atoms with Crippen LogP contribution in [0, 0.1) is 0 Å². The Balaban J connectivity index is 1.87. The summed E-state index contributed by atoms with van der Waals surface area (Å²) in [6.45, 7) is 6.41. The van der Waals surface area contributed by atoms with E-state index in [0.717, 1.165) is 19.5 Å². The van der Waals surface area contributed by atoms with Crippen molar-refractivity contribution in [2.45, 2.75) is 31.8 Å². The molecule has 3 amide bonds. The van der Waals surface area contributed by atoms with E-state index in [-0.39, 0.29) is 18.0 Å². The zero-order chi connectivity index (χ0) is 12.6. The number of hydrogen-bond acceptors (Lipinski definition) is 4. The van der Waals surface area contributed by atoms with Crippen molar-refractivity contribution in [1.82, 2.24) is 15.1 Å². The van der Waals surface area contributed by atoms with Crippen LogP contribution in [-0.4, -0.2) is 59.5 Å². The Kier molecular flexibility index (Phi) is 3.09. The van der Waals surface area contributed by atoms with E-state index in [4.69, 9.17) is 5.73 Å². The van der Waals surface area contributed by atoms with E-state index < -0.39 is 5.54 Å². The molecule has 0 aromatic carbocycles. The Labute approximate surface area is 101 Å². The van der Waals surface area contributed by atoms with Crippen LogP contribution in [0.1, 0.15) is 20.3 Å². The molecule has 3 N–H and O–H groups in total. The van der Waals surface area contributed by atoms with Gasteiger partial charge in [0.1, 0.15) is 5.54 Å². The van der Waals surface area contributed by atoms with E-state index in [1.54, 1.807) is 13.8 Å². The van der Waals surface area contributed by atoms with E-state index in [1.807, 2.05) is 0 Å². The molecule has 0 saturated carbocycles. The number of urea groups is 1. The molecule has 6 nitrogen and oxygen atoms in total. The standard InChI is InChI=1S/C11H20N4O2/c1-11(2)9(16)15(10(17)13-11)6-5-14-4-3-8(12)7-14/h8H,3-7,12H2,1-2H3,(H,13,17)/t8-/m1/s1. The predicted molar refractivity (Wildman–Crippen MR) is 63.4 cm³/mol. The first-order chi connectivity index (χ1) is 7.90. The van der Waals surface area contributed by atoms with Crippen LogP contribution in [0.3, 0.4) is 0 Å².